The highest BCUT2D eigenvalue weighted by Crippen LogP contribution is 2.30. The highest BCUT2D eigenvalue weighted by molar-refractivity contribution is 9.10. The van der Waals surface area contributed by atoms with E-state index in [1.807, 2.05) is 28.9 Å². The molecular weight excluding hydrogens is 440 g/mol. The summed E-state index contributed by atoms with van der Waals surface area (Å²) in [5.74, 6) is -0.183. The minimum atomic E-state index is -0.183. The van der Waals surface area contributed by atoms with E-state index in [1.165, 1.54) is 24.1 Å². The average Bonchev–Trinajstić information content (AvgIpc) is 3.09. The van der Waals surface area contributed by atoms with Crippen LogP contribution in [0, 0.1) is 0 Å². The van der Waals surface area contributed by atoms with E-state index < -0.39 is 0 Å². The van der Waals surface area contributed by atoms with Crippen LogP contribution in [-0.4, -0.2) is 27.2 Å². The fourth-order valence-corrected chi connectivity index (χ4v) is 4.17. The van der Waals surface area contributed by atoms with E-state index in [0.29, 0.717) is 23.7 Å². The van der Waals surface area contributed by atoms with Gasteiger partial charge >= 0.3 is 0 Å². The van der Waals surface area contributed by atoms with Gasteiger partial charge in [0.15, 0.2) is 0 Å². The summed E-state index contributed by atoms with van der Waals surface area (Å²) in [5.41, 5.74) is 4.90. The maximum atomic E-state index is 12.5. The molecule has 3 aromatic rings. The van der Waals surface area contributed by atoms with Gasteiger partial charge in [0.1, 0.15) is 5.69 Å². The van der Waals surface area contributed by atoms with Crippen molar-refractivity contribution in [1.29, 1.82) is 0 Å². The third kappa shape index (κ3) is 3.98. The number of fused-ring (bicyclic) bond motifs is 1. The lowest BCUT2D eigenvalue weighted by Crippen LogP contribution is -2.28. The van der Waals surface area contributed by atoms with Crippen LogP contribution in [0.15, 0.2) is 47.1 Å². The molecule has 0 unspecified atom stereocenters. The summed E-state index contributed by atoms with van der Waals surface area (Å²) in [5, 5.41) is 8.22. The lowest BCUT2D eigenvalue weighted by molar-refractivity contribution is 0.0952. The molecule has 0 saturated carbocycles. The van der Waals surface area contributed by atoms with Crippen LogP contribution in [0.4, 0.5) is 0 Å². The van der Waals surface area contributed by atoms with Gasteiger partial charge in [-0.05, 0) is 56.0 Å². The van der Waals surface area contributed by atoms with Crippen molar-refractivity contribution in [2.75, 3.05) is 6.54 Å². The molecule has 0 spiro atoms. The molecule has 5 nitrogen and oxygen atoms in total. The minimum absolute atomic E-state index is 0.183. The van der Waals surface area contributed by atoms with E-state index in [4.69, 9.17) is 16.7 Å². The number of halogens is 2. The fourth-order valence-electron chi connectivity index (χ4n) is 3.61. The van der Waals surface area contributed by atoms with Crippen LogP contribution in [0.25, 0.3) is 11.4 Å². The first-order chi connectivity index (χ1) is 13.6. The highest BCUT2D eigenvalue weighted by Gasteiger charge is 2.22. The Morgan fingerprint density at radius 2 is 2.07 bits per heavy atom. The first-order valence-corrected chi connectivity index (χ1v) is 10.5. The third-order valence-electron chi connectivity index (χ3n) is 4.95. The standard InChI is InChI=1S/C21H20BrClN4O/c22-14-8-9-17(23)16(13-14)21(28)25-11-12-27-19-7-2-1-5-15(19)20(26-27)18-6-3-4-10-24-18/h3-4,6,8-10,13H,1-2,5,7,11-12H2,(H,25,28). The summed E-state index contributed by atoms with van der Waals surface area (Å²) in [4.78, 5) is 16.9. The molecule has 28 heavy (non-hydrogen) atoms. The van der Waals surface area contributed by atoms with E-state index >= 15 is 0 Å². The van der Waals surface area contributed by atoms with E-state index in [-0.39, 0.29) is 5.91 Å². The van der Waals surface area contributed by atoms with Crippen molar-refractivity contribution >= 4 is 33.4 Å². The van der Waals surface area contributed by atoms with E-state index in [1.54, 1.807) is 18.3 Å². The van der Waals surface area contributed by atoms with Gasteiger partial charge < -0.3 is 5.32 Å². The summed E-state index contributed by atoms with van der Waals surface area (Å²) in [7, 11) is 0. The summed E-state index contributed by atoms with van der Waals surface area (Å²) in [6.45, 7) is 1.10. The van der Waals surface area contributed by atoms with Gasteiger partial charge in [-0.15, -0.1) is 0 Å². The Balaban J connectivity index is 1.50. The molecular formula is C21H20BrClN4O. The third-order valence-corrected chi connectivity index (χ3v) is 5.77. The van der Waals surface area contributed by atoms with Gasteiger partial charge in [0.2, 0.25) is 0 Å². The number of carbonyl (C=O) groups excluding carboxylic acids is 1. The van der Waals surface area contributed by atoms with Crippen molar-refractivity contribution in [2.45, 2.75) is 32.2 Å². The molecule has 144 valence electrons. The number of amides is 1. The van der Waals surface area contributed by atoms with Gasteiger partial charge in [0.25, 0.3) is 5.91 Å². The second-order valence-corrected chi connectivity index (χ2v) is 8.12. The van der Waals surface area contributed by atoms with Crippen molar-refractivity contribution < 1.29 is 4.79 Å². The Morgan fingerprint density at radius 3 is 2.89 bits per heavy atom. The van der Waals surface area contributed by atoms with E-state index in [9.17, 15) is 4.79 Å². The number of pyridine rings is 1. The number of rotatable bonds is 5. The number of nitrogens with zero attached hydrogens (tertiary/aromatic N) is 3. The number of aromatic nitrogens is 3. The van der Waals surface area contributed by atoms with Crippen LogP contribution in [0.2, 0.25) is 5.02 Å². The molecule has 1 N–H and O–H groups in total. The van der Waals surface area contributed by atoms with Crippen molar-refractivity contribution in [3.8, 4) is 11.4 Å². The van der Waals surface area contributed by atoms with Gasteiger partial charge in [-0.2, -0.15) is 5.10 Å². The lowest BCUT2D eigenvalue weighted by atomic mass is 9.95. The molecule has 1 aliphatic carbocycles. The maximum Gasteiger partial charge on any atom is 0.252 e. The zero-order valence-corrected chi connectivity index (χ0v) is 17.6. The number of benzene rings is 1. The van der Waals surface area contributed by atoms with Crippen LogP contribution in [0.5, 0.6) is 0 Å². The topological polar surface area (TPSA) is 59.8 Å². The van der Waals surface area contributed by atoms with Crippen molar-refractivity contribution in [2.24, 2.45) is 0 Å². The van der Waals surface area contributed by atoms with Crippen LogP contribution >= 0.6 is 27.5 Å². The second kappa shape index (κ2) is 8.45. The van der Waals surface area contributed by atoms with Crippen LogP contribution in [0.3, 0.4) is 0 Å². The van der Waals surface area contributed by atoms with Crippen molar-refractivity contribution in [1.82, 2.24) is 20.1 Å². The lowest BCUT2D eigenvalue weighted by Gasteiger charge is -2.14. The molecule has 4 rings (SSSR count). The first kappa shape index (κ1) is 19.2. The quantitative estimate of drug-likeness (QED) is 0.603. The summed E-state index contributed by atoms with van der Waals surface area (Å²) >= 11 is 9.52. The molecule has 2 heterocycles. The Hall–Kier alpha value is -2.18. The monoisotopic (exact) mass is 458 g/mol. The average molecular weight is 460 g/mol. The zero-order chi connectivity index (χ0) is 19.5. The molecule has 0 fully saturated rings. The summed E-state index contributed by atoms with van der Waals surface area (Å²) in [6, 6.07) is 11.1. The summed E-state index contributed by atoms with van der Waals surface area (Å²) in [6.07, 6.45) is 6.18. The predicted molar refractivity (Wildman–Crippen MR) is 114 cm³/mol. The number of nitrogens with one attached hydrogen (secondary N) is 1. The Labute approximate surface area is 177 Å². The van der Waals surface area contributed by atoms with Gasteiger partial charge in [-0.25, -0.2) is 0 Å². The van der Waals surface area contributed by atoms with Crippen molar-refractivity contribution in [3.05, 3.63) is 68.9 Å². The van der Waals surface area contributed by atoms with E-state index in [0.717, 1.165) is 28.7 Å². The van der Waals surface area contributed by atoms with Crippen molar-refractivity contribution in [3.63, 3.8) is 0 Å². The molecule has 0 radical (unpaired) electrons. The molecule has 1 amide bonds. The predicted octanol–water partition coefficient (Wildman–Crippen LogP) is 4.67. The van der Waals surface area contributed by atoms with Crippen LogP contribution < -0.4 is 5.32 Å². The molecule has 0 aliphatic heterocycles. The number of hydrogen-bond donors (Lipinski definition) is 1. The largest absolute Gasteiger partial charge is 0.350 e. The highest BCUT2D eigenvalue weighted by atomic mass is 79.9. The Bertz CT molecular complexity index is 1000. The van der Waals surface area contributed by atoms with E-state index in [2.05, 4.69) is 26.2 Å². The second-order valence-electron chi connectivity index (χ2n) is 6.80. The Kier molecular flexibility index (Phi) is 5.78. The molecule has 1 aliphatic rings. The number of hydrogen-bond acceptors (Lipinski definition) is 3. The number of carbonyl (C=O) groups is 1. The molecule has 0 bridgehead atoms. The Morgan fingerprint density at radius 1 is 1.21 bits per heavy atom. The first-order valence-electron chi connectivity index (χ1n) is 9.36. The molecule has 1 aromatic carbocycles. The van der Waals surface area contributed by atoms with Gasteiger partial charge in [-0.3, -0.25) is 14.5 Å². The van der Waals surface area contributed by atoms with Gasteiger partial charge in [-0.1, -0.05) is 33.6 Å². The molecule has 7 heteroatoms. The minimum Gasteiger partial charge on any atom is -0.350 e. The van der Waals surface area contributed by atoms with Crippen LogP contribution in [-0.2, 0) is 19.4 Å². The van der Waals surface area contributed by atoms with Gasteiger partial charge in [0.05, 0.1) is 22.8 Å². The SMILES string of the molecule is O=C(NCCn1nc(-c2ccccn2)c2c1CCCC2)c1cc(Br)ccc1Cl. The molecule has 2 aromatic heterocycles. The summed E-state index contributed by atoms with van der Waals surface area (Å²) < 4.78 is 2.85. The normalized spacial score (nSPS) is 13.2. The van der Waals surface area contributed by atoms with Gasteiger partial charge in [0, 0.05) is 28.5 Å². The molecule has 0 saturated heterocycles. The fraction of sp³-hybridized carbons (Fsp3) is 0.286. The zero-order valence-electron chi connectivity index (χ0n) is 15.3. The van der Waals surface area contributed by atoms with Crippen LogP contribution in [0.1, 0.15) is 34.5 Å². The smallest absolute Gasteiger partial charge is 0.252 e. The molecule has 0 atom stereocenters. The maximum absolute atomic E-state index is 12.5.